The normalized spacial score (nSPS) is 16.1. The van der Waals surface area contributed by atoms with Crippen LogP contribution in [0.5, 0.6) is 0 Å². The van der Waals surface area contributed by atoms with Gasteiger partial charge in [-0.15, -0.1) is 0 Å². The molecule has 0 bridgehead atoms. The summed E-state index contributed by atoms with van der Waals surface area (Å²) in [5, 5.41) is 10.4. The molecule has 3 rings (SSSR count). The van der Waals surface area contributed by atoms with Crippen molar-refractivity contribution in [2.45, 2.75) is 6.92 Å². The van der Waals surface area contributed by atoms with E-state index in [1.165, 1.54) is 5.56 Å². The quantitative estimate of drug-likeness (QED) is 0.931. The topological polar surface area (TPSA) is 65.1 Å². The second-order valence-electron chi connectivity index (χ2n) is 5.66. The summed E-state index contributed by atoms with van der Waals surface area (Å²) in [5.41, 5.74) is 2.30. The minimum absolute atomic E-state index is 0.0317. The highest BCUT2D eigenvalue weighted by Gasteiger charge is 2.24. The number of hydrogen-bond acceptors (Lipinski definition) is 4. The van der Waals surface area contributed by atoms with Crippen LogP contribution < -0.4 is 0 Å². The molecular weight excluding hydrogens is 290 g/mol. The maximum absolute atomic E-state index is 12.4. The van der Waals surface area contributed by atoms with Crippen molar-refractivity contribution in [1.82, 2.24) is 25.2 Å². The van der Waals surface area contributed by atoms with Crippen LogP contribution in [0.3, 0.4) is 0 Å². The van der Waals surface area contributed by atoms with Gasteiger partial charge in [-0.3, -0.25) is 9.69 Å². The zero-order valence-corrected chi connectivity index (χ0v) is 13.3. The van der Waals surface area contributed by atoms with E-state index in [-0.39, 0.29) is 5.91 Å². The predicted molar refractivity (Wildman–Crippen MR) is 88.9 cm³/mol. The lowest BCUT2D eigenvalue weighted by Crippen LogP contribution is -2.48. The molecule has 0 unspecified atom stereocenters. The van der Waals surface area contributed by atoms with Gasteiger partial charge >= 0.3 is 0 Å². The molecule has 0 saturated carbocycles. The van der Waals surface area contributed by atoms with Crippen LogP contribution in [-0.2, 0) is 0 Å². The number of H-pyrrole nitrogens is 1. The van der Waals surface area contributed by atoms with Crippen molar-refractivity contribution in [2.24, 2.45) is 0 Å². The Morgan fingerprint density at radius 1 is 1.17 bits per heavy atom. The number of piperazine rings is 1. The highest BCUT2D eigenvalue weighted by Crippen LogP contribution is 2.09. The summed E-state index contributed by atoms with van der Waals surface area (Å²) in [6.07, 6.45) is 4.31. The van der Waals surface area contributed by atoms with Gasteiger partial charge in [0.25, 0.3) is 5.91 Å². The zero-order chi connectivity index (χ0) is 16.1. The van der Waals surface area contributed by atoms with Crippen LogP contribution in [0.25, 0.3) is 6.08 Å². The second-order valence-corrected chi connectivity index (χ2v) is 5.66. The SMILES string of the molecule is Cc1n[nH]nc1C(=O)N1CCN(C/C=C/c2ccccc2)CC1. The number of aromatic amines is 1. The number of nitrogens with one attached hydrogen (secondary N) is 1. The second kappa shape index (κ2) is 7.19. The maximum atomic E-state index is 12.4. The van der Waals surface area contributed by atoms with Crippen LogP contribution >= 0.6 is 0 Å². The van der Waals surface area contributed by atoms with Crippen molar-refractivity contribution in [1.29, 1.82) is 0 Å². The molecule has 0 radical (unpaired) electrons. The molecule has 2 heterocycles. The van der Waals surface area contributed by atoms with Gasteiger partial charge in [0, 0.05) is 32.7 Å². The van der Waals surface area contributed by atoms with E-state index in [0.717, 1.165) is 32.7 Å². The van der Waals surface area contributed by atoms with Crippen molar-refractivity contribution < 1.29 is 4.79 Å². The summed E-state index contributed by atoms with van der Waals surface area (Å²) in [4.78, 5) is 16.6. The van der Waals surface area contributed by atoms with E-state index in [4.69, 9.17) is 0 Å². The van der Waals surface area contributed by atoms with Crippen LogP contribution in [-0.4, -0.2) is 63.8 Å². The van der Waals surface area contributed by atoms with Gasteiger partial charge in [-0.25, -0.2) is 0 Å². The third-order valence-electron chi connectivity index (χ3n) is 4.06. The predicted octanol–water partition coefficient (Wildman–Crippen LogP) is 1.58. The number of nitrogens with zero attached hydrogens (tertiary/aromatic N) is 4. The van der Waals surface area contributed by atoms with E-state index in [1.54, 1.807) is 6.92 Å². The summed E-state index contributed by atoms with van der Waals surface area (Å²) < 4.78 is 0. The Morgan fingerprint density at radius 3 is 2.57 bits per heavy atom. The molecule has 6 heteroatoms. The van der Waals surface area contributed by atoms with E-state index in [9.17, 15) is 4.79 Å². The molecule has 2 aromatic rings. The molecule has 1 aliphatic heterocycles. The molecule has 0 atom stereocenters. The molecule has 23 heavy (non-hydrogen) atoms. The molecule has 6 nitrogen and oxygen atoms in total. The fourth-order valence-corrected chi connectivity index (χ4v) is 2.67. The summed E-state index contributed by atoms with van der Waals surface area (Å²) in [7, 11) is 0. The van der Waals surface area contributed by atoms with Gasteiger partial charge in [0.15, 0.2) is 5.69 Å². The first-order valence-corrected chi connectivity index (χ1v) is 7.84. The molecule has 0 spiro atoms. The highest BCUT2D eigenvalue weighted by molar-refractivity contribution is 5.93. The largest absolute Gasteiger partial charge is 0.335 e. The molecule has 1 aromatic heterocycles. The minimum Gasteiger partial charge on any atom is -0.335 e. The Labute approximate surface area is 135 Å². The summed E-state index contributed by atoms with van der Waals surface area (Å²) in [5.74, 6) is -0.0317. The van der Waals surface area contributed by atoms with Gasteiger partial charge in [0.1, 0.15) is 0 Å². The zero-order valence-electron chi connectivity index (χ0n) is 13.3. The summed E-state index contributed by atoms with van der Waals surface area (Å²) in [6, 6.07) is 10.3. The molecule has 1 aromatic carbocycles. The average Bonchev–Trinajstić information content (AvgIpc) is 3.02. The average molecular weight is 311 g/mol. The van der Waals surface area contributed by atoms with Crippen LogP contribution in [0.2, 0.25) is 0 Å². The highest BCUT2D eigenvalue weighted by atomic mass is 16.2. The van der Waals surface area contributed by atoms with Crippen LogP contribution in [0.15, 0.2) is 36.4 Å². The number of carbonyl (C=O) groups excluding carboxylic acids is 1. The fraction of sp³-hybridized carbons (Fsp3) is 0.353. The van der Waals surface area contributed by atoms with E-state index in [2.05, 4.69) is 44.6 Å². The van der Waals surface area contributed by atoms with Gasteiger partial charge in [-0.05, 0) is 12.5 Å². The number of benzene rings is 1. The monoisotopic (exact) mass is 311 g/mol. The summed E-state index contributed by atoms with van der Waals surface area (Å²) >= 11 is 0. The molecule has 1 N–H and O–H groups in total. The van der Waals surface area contributed by atoms with Gasteiger partial charge in [0.05, 0.1) is 5.69 Å². The van der Waals surface area contributed by atoms with Gasteiger partial charge < -0.3 is 4.90 Å². The first-order valence-electron chi connectivity index (χ1n) is 7.84. The lowest BCUT2D eigenvalue weighted by molar-refractivity contribution is 0.0643. The van der Waals surface area contributed by atoms with Crippen molar-refractivity contribution in [3.8, 4) is 0 Å². The molecule has 0 aliphatic carbocycles. The first-order chi connectivity index (χ1) is 11.2. The maximum Gasteiger partial charge on any atom is 0.276 e. The molecule has 1 aliphatic rings. The standard InChI is InChI=1S/C17H21N5O/c1-14-16(19-20-18-14)17(23)22-12-10-21(11-13-22)9-5-8-15-6-3-2-4-7-15/h2-8H,9-13H2,1H3,(H,18,19,20)/b8-5+. The molecule has 1 saturated heterocycles. The van der Waals surface area contributed by atoms with Crippen molar-refractivity contribution in [3.63, 3.8) is 0 Å². The number of aromatic nitrogens is 3. The van der Waals surface area contributed by atoms with E-state index < -0.39 is 0 Å². The lowest BCUT2D eigenvalue weighted by atomic mass is 10.2. The molecule has 120 valence electrons. The van der Waals surface area contributed by atoms with Gasteiger partial charge in [0.2, 0.25) is 0 Å². The number of hydrogen-bond donors (Lipinski definition) is 1. The third kappa shape index (κ3) is 3.84. The van der Waals surface area contributed by atoms with E-state index in [0.29, 0.717) is 11.4 Å². The van der Waals surface area contributed by atoms with E-state index in [1.807, 2.05) is 23.1 Å². The molecular formula is C17H21N5O. The van der Waals surface area contributed by atoms with Gasteiger partial charge in [-0.2, -0.15) is 15.4 Å². The Hall–Kier alpha value is -2.47. The number of amides is 1. The van der Waals surface area contributed by atoms with Crippen LogP contribution in [0, 0.1) is 6.92 Å². The molecule has 1 fully saturated rings. The number of aryl methyl sites for hydroxylation is 1. The lowest BCUT2D eigenvalue weighted by Gasteiger charge is -2.33. The number of rotatable bonds is 4. The minimum atomic E-state index is -0.0317. The fourth-order valence-electron chi connectivity index (χ4n) is 2.67. The van der Waals surface area contributed by atoms with Crippen molar-refractivity contribution >= 4 is 12.0 Å². The number of carbonyl (C=O) groups is 1. The molecule has 1 amide bonds. The first kappa shape index (κ1) is 15.4. The van der Waals surface area contributed by atoms with Crippen LogP contribution in [0.4, 0.5) is 0 Å². The van der Waals surface area contributed by atoms with E-state index >= 15 is 0 Å². The van der Waals surface area contributed by atoms with Crippen molar-refractivity contribution in [3.05, 3.63) is 53.4 Å². The van der Waals surface area contributed by atoms with Crippen molar-refractivity contribution in [2.75, 3.05) is 32.7 Å². The Balaban J connectivity index is 1.48. The Bertz CT molecular complexity index is 671. The Morgan fingerprint density at radius 2 is 1.91 bits per heavy atom. The Kier molecular flexibility index (Phi) is 4.83. The third-order valence-corrected chi connectivity index (χ3v) is 4.06. The van der Waals surface area contributed by atoms with Crippen LogP contribution in [0.1, 0.15) is 21.7 Å². The summed E-state index contributed by atoms with van der Waals surface area (Å²) in [6.45, 7) is 5.90. The smallest absolute Gasteiger partial charge is 0.276 e. The van der Waals surface area contributed by atoms with Gasteiger partial charge in [-0.1, -0.05) is 42.5 Å².